The second-order valence-electron chi connectivity index (χ2n) is 5.22. The van der Waals surface area contributed by atoms with Crippen LogP contribution in [0.4, 0.5) is 17.3 Å². The number of hydrogen-bond acceptors (Lipinski definition) is 7. The van der Waals surface area contributed by atoms with E-state index in [2.05, 4.69) is 36.2 Å². The zero-order valence-corrected chi connectivity index (χ0v) is 15.3. The topological polar surface area (TPSA) is 103 Å². The number of aromatic nitrogens is 3. The van der Waals surface area contributed by atoms with Gasteiger partial charge in [-0.15, -0.1) is 0 Å². The molecule has 1 N–H and O–H groups in total. The zero-order chi connectivity index (χ0) is 18.5. The van der Waals surface area contributed by atoms with Crippen molar-refractivity contribution < 1.29 is 9.66 Å². The normalized spacial score (nSPS) is 10.4. The molecule has 9 heteroatoms. The number of halogens is 1. The highest BCUT2D eigenvalue weighted by atomic mass is 79.9. The first-order chi connectivity index (χ1) is 12.6. The van der Waals surface area contributed by atoms with E-state index in [1.54, 1.807) is 30.5 Å². The van der Waals surface area contributed by atoms with Gasteiger partial charge in [-0.05, 0) is 52.2 Å². The quantitative estimate of drug-likeness (QED) is 0.461. The van der Waals surface area contributed by atoms with Gasteiger partial charge in [0.15, 0.2) is 0 Å². The summed E-state index contributed by atoms with van der Waals surface area (Å²) in [5, 5.41) is 14.4. The van der Waals surface area contributed by atoms with Crippen molar-refractivity contribution in [1.29, 1.82) is 0 Å². The minimum Gasteiger partial charge on any atom is -0.434 e. The van der Waals surface area contributed by atoms with E-state index in [0.29, 0.717) is 11.6 Å². The van der Waals surface area contributed by atoms with Crippen molar-refractivity contribution in [2.24, 2.45) is 0 Å². The molecule has 2 aromatic heterocycles. The third kappa shape index (κ3) is 4.12. The lowest BCUT2D eigenvalue weighted by Crippen LogP contribution is -2.04. The number of nitro groups is 1. The third-order valence-electron chi connectivity index (χ3n) is 3.49. The second-order valence-corrected chi connectivity index (χ2v) is 6.14. The molecule has 3 aromatic rings. The molecule has 0 radical (unpaired) electrons. The maximum atomic E-state index is 11.6. The Labute approximate surface area is 157 Å². The summed E-state index contributed by atoms with van der Waals surface area (Å²) in [6, 6.07) is 10.7. The molecule has 1 aromatic carbocycles. The highest BCUT2D eigenvalue weighted by Crippen LogP contribution is 2.35. The van der Waals surface area contributed by atoms with Crippen LogP contribution in [0.15, 0.2) is 53.4 Å². The van der Waals surface area contributed by atoms with Crippen LogP contribution in [-0.4, -0.2) is 19.9 Å². The highest BCUT2D eigenvalue weighted by molar-refractivity contribution is 9.10. The van der Waals surface area contributed by atoms with Crippen molar-refractivity contribution in [1.82, 2.24) is 15.0 Å². The van der Waals surface area contributed by atoms with Crippen molar-refractivity contribution >= 4 is 33.3 Å². The maximum absolute atomic E-state index is 11.6. The van der Waals surface area contributed by atoms with Gasteiger partial charge in [0, 0.05) is 10.7 Å². The predicted molar refractivity (Wildman–Crippen MR) is 99.8 cm³/mol. The Bertz CT molecular complexity index is 917. The fourth-order valence-electron chi connectivity index (χ4n) is 2.17. The first-order valence-electron chi connectivity index (χ1n) is 7.71. The number of pyridine rings is 1. The summed E-state index contributed by atoms with van der Waals surface area (Å²) < 4.78 is 6.40. The summed E-state index contributed by atoms with van der Waals surface area (Å²) in [5.41, 5.74) is 0.773. The van der Waals surface area contributed by atoms with E-state index < -0.39 is 4.92 Å². The van der Waals surface area contributed by atoms with E-state index in [-0.39, 0.29) is 17.4 Å². The van der Waals surface area contributed by atoms with Gasteiger partial charge in [-0.25, -0.2) is 9.97 Å². The number of hydrogen-bond donors (Lipinski definition) is 1. The molecule has 2 heterocycles. The fraction of sp³-hybridized carbons (Fsp3) is 0.118. The molecular weight excluding hydrogens is 402 g/mol. The largest absolute Gasteiger partial charge is 0.434 e. The predicted octanol–water partition coefficient (Wildman–Crippen LogP) is 4.64. The molecule has 0 atom stereocenters. The van der Waals surface area contributed by atoms with E-state index in [4.69, 9.17) is 4.74 Å². The number of anilines is 2. The van der Waals surface area contributed by atoms with E-state index in [0.717, 1.165) is 16.5 Å². The number of ether oxygens (including phenoxy) is 1. The molecule has 0 saturated carbocycles. The van der Waals surface area contributed by atoms with Crippen LogP contribution in [0.2, 0.25) is 0 Å². The van der Waals surface area contributed by atoms with E-state index in [9.17, 15) is 10.1 Å². The lowest BCUT2D eigenvalue weighted by atomic mass is 10.2. The summed E-state index contributed by atoms with van der Waals surface area (Å²) in [4.78, 5) is 23.0. The molecule has 0 saturated heterocycles. The number of nitrogens with one attached hydrogen (secondary N) is 1. The number of aryl methyl sites for hydroxylation is 1. The van der Waals surface area contributed by atoms with Crippen LogP contribution in [0.3, 0.4) is 0 Å². The van der Waals surface area contributed by atoms with E-state index in [1.165, 1.54) is 6.33 Å². The molecule has 132 valence electrons. The van der Waals surface area contributed by atoms with Gasteiger partial charge in [0.25, 0.3) is 0 Å². The van der Waals surface area contributed by atoms with E-state index >= 15 is 0 Å². The number of benzene rings is 1. The lowest BCUT2D eigenvalue weighted by molar-refractivity contribution is -0.385. The van der Waals surface area contributed by atoms with Crippen molar-refractivity contribution in [3.05, 3.63) is 69.1 Å². The van der Waals surface area contributed by atoms with E-state index in [1.807, 2.05) is 19.1 Å². The Morgan fingerprint density at radius 2 is 1.92 bits per heavy atom. The van der Waals surface area contributed by atoms with Gasteiger partial charge < -0.3 is 10.1 Å². The van der Waals surface area contributed by atoms with Gasteiger partial charge >= 0.3 is 11.6 Å². The standard InChI is InChI=1S/C17H14BrN5O3/c1-2-11-3-6-13(7-4-11)26-17-15(23(24)25)16(20-10-21-17)22-14-8-5-12(18)9-19-14/h3-10H,2H2,1H3,(H,19,20,21,22). The maximum Gasteiger partial charge on any atom is 0.373 e. The van der Waals surface area contributed by atoms with Crippen LogP contribution in [0.1, 0.15) is 12.5 Å². The summed E-state index contributed by atoms with van der Waals surface area (Å²) in [6.45, 7) is 2.04. The monoisotopic (exact) mass is 415 g/mol. The van der Waals surface area contributed by atoms with Crippen molar-refractivity contribution in [2.75, 3.05) is 5.32 Å². The number of rotatable bonds is 6. The van der Waals surface area contributed by atoms with Gasteiger partial charge in [0.2, 0.25) is 5.82 Å². The smallest absolute Gasteiger partial charge is 0.373 e. The van der Waals surface area contributed by atoms with Crippen LogP contribution in [0, 0.1) is 10.1 Å². The molecular formula is C17H14BrN5O3. The van der Waals surface area contributed by atoms with Crippen LogP contribution >= 0.6 is 15.9 Å². The Balaban J connectivity index is 1.92. The van der Waals surface area contributed by atoms with Gasteiger partial charge in [-0.1, -0.05) is 19.1 Å². The Hall–Kier alpha value is -3.07. The van der Waals surface area contributed by atoms with Crippen LogP contribution in [0.25, 0.3) is 0 Å². The summed E-state index contributed by atoms with van der Waals surface area (Å²) >= 11 is 3.28. The summed E-state index contributed by atoms with van der Waals surface area (Å²) in [7, 11) is 0. The van der Waals surface area contributed by atoms with Crippen LogP contribution in [-0.2, 0) is 6.42 Å². The minimum absolute atomic E-state index is 0.000000735. The molecule has 0 unspecified atom stereocenters. The SMILES string of the molecule is CCc1ccc(Oc2ncnc(Nc3ccc(Br)cn3)c2[N+](=O)[O-])cc1. The molecule has 0 aliphatic rings. The van der Waals surface area contributed by atoms with Gasteiger partial charge in [-0.3, -0.25) is 10.1 Å². The zero-order valence-electron chi connectivity index (χ0n) is 13.7. The highest BCUT2D eigenvalue weighted by Gasteiger charge is 2.25. The molecule has 0 amide bonds. The third-order valence-corrected chi connectivity index (χ3v) is 3.96. The fourth-order valence-corrected chi connectivity index (χ4v) is 2.40. The molecule has 0 bridgehead atoms. The van der Waals surface area contributed by atoms with Crippen molar-refractivity contribution in [3.63, 3.8) is 0 Å². The average molecular weight is 416 g/mol. The molecule has 0 fully saturated rings. The summed E-state index contributed by atoms with van der Waals surface area (Å²) in [6.07, 6.45) is 3.66. The van der Waals surface area contributed by atoms with Crippen LogP contribution in [0.5, 0.6) is 11.6 Å². The second kappa shape index (κ2) is 7.87. The van der Waals surface area contributed by atoms with Gasteiger partial charge in [0.1, 0.15) is 17.9 Å². The Morgan fingerprint density at radius 1 is 1.15 bits per heavy atom. The molecule has 3 rings (SSSR count). The van der Waals surface area contributed by atoms with Gasteiger partial charge in [-0.2, -0.15) is 4.98 Å². The van der Waals surface area contributed by atoms with Crippen molar-refractivity contribution in [3.8, 4) is 11.6 Å². The lowest BCUT2D eigenvalue weighted by Gasteiger charge is -2.09. The van der Waals surface area contributed by atoms with Gasteiger partial charge in [0.05, 0.1) is 4.92 Å². The summed E-state index contributed by atoms with van der Waals surface area (Å²) in [5.74, 6) is 0.721. The Morgan fingerprint density at radius 3 is 2.54 bits per heavy atom. The van der Waals surface area contributed by atoms with Crippen molar-refractivity contribution in [2.45, 2.75) is 13.3 Å². The molecule has 0 spiro atoms. The average Bonchev–Trinajstić information content (AvgIpc) is 2.64. The molecule has 26 heavy (non-hydrogen) atoms. The molecule has 8 nitrogen and oxygen atoms in total. The first kappa shape index (κ1) is 17.7. The Kier molecular flexibility index (Phi) is 5.37. The molecule has 0 aliphatic heterocycles. The minimum atomic E-state index is -0.586. The number of nitrogens with zero attached hydrogens (tertiary/aromatic N) is 4. The molecule has 0 aliphatic carbocycles. The van der Waals surface area contributed by atoms with Crippen LogP contribution < -0.4 is 10.1 Å². The first-order valence-corrected chi connectivity index (χ1v) is 8.51.